The fourth-order valence-corrected chi connectivity index (χ4v) is 4.97. The van der Waals surface area contributed by atoms with Crippen molar-refractivity contribution in [1.82, 2.24) is 0 Å². The van der Waals surface area contributed by atoms with Crippen molar-refractivity contribution in [3.63, 3.8) is 0 Å². The van der Waals surface area contributed by atoms with E-state index in [1.165, 1.54) is 12.1 Å². The van der Waals surface area contributed by atoms with Gasteiger partial charge in [0.25, 0.3) is 0 Å². The van der Waals surface area contributed by atoms with Gasteiger partial charge in [0, 0.05) is 10.6 Å². The van der Waals surface area contributed by atoms with E-state index in [4.69, 9.17) is 4.74 Å². The zero-order chi connectivity index (χ0) is 20.1. The van der Waals surface area contributed by atoms with Gasteiger partial charge in [-0.15, -0.1) is 0 Å². The van der Waals surface area contributed by atoms with Crippen molar-refractivity contribution in [1.29, 1.82) is 0 Å². The molecule has 0 heterocycles. The van der Waals surface area contributed by atoms with Gasteiger partial charge in [0.1, 0.15) is 12.1 Å². The summed E-state index contributed by atoms with van der Waals surface area (Å²) in [5.74, 6) is -2.52. The van der Waals surface area contributed by atoms with Gasteiger partial charge in [0.05, 0.1) is 11.1 Å². The van der Waals surface area contributed by atoms with Gasteiger partial charge in [0.2, 0.25) is 0 Å². The Hall–Kier alpha value is -3.37. The number of hydrogen-bond acceptors (Lipinski definition) is 4. The second kappa shape index (κ2) is 8.11. The number of rotatable bonds is 7. The third-order valence-corrected chi connectivity index (χ3v) is 6.92. The molecule has 0 aliphatic rings. The Morgan fingerprint density at radius 1 is 0.750 bits per heavy atom. The second-order valence-electron chi connectivity index (χ2n) is 6.04. The molecule has 0 saturated carbocycles. The van der Waals surface area contributed by atoms with Crippen molar-refractivity contribution in [3.8, 4) is 5.75 Å². The van der Waals surface area contributed by atoms with Gasteiger partial charge in [-0.2, -0.15) is 0 Å². The molecule has 3 rings (SSSR count). The molecule has 0 amide bonds. The molecule has 0 radical (unpaired) electrons. The highest BCUT2D eigenvalue weighted by molar-refractivity contribution is 7.78. The molecular formula is C21H17O6P. The monoisotopic (exact) mass is 396 g/mol. The molecule has 0 spiro atoms. The summed E-state index contributed by atoms with van der Waals surface area (Å²) in [5, 5.41) is 19.6. The van der Waals surface area contributed by atoms with Crippen LogP contribution in [0.5, 0.6) is 5.75 Å². The fraction of sp³-hybridized carbons (Fsp3) is 0.0476. The molecule has 0 bridgehead atoms. The number of carbonyl (C=O) groups is 2. The fourth-order valence-electron chi connectivity index (χ4n) is 2.73. The van der Waals surface area contributed by atoms with Crippen LogP contribution in [0.25, 0.3) is 0 Å². The third-order valence-electron chi connectivity index (χ3n) is 4.16. The maximum atomic E-state index is 13.9. The first-order chi connectivity index (χ1) is 13.4. The zero-order valence-electron chi connectivity index (χ0n) is 14.7. The lowest BCUT2D eigenvalue weighted by atomic mass is 10.1. The predicted molar refractivity (Wildman–Crippen MR) is 106 cm³/mol. The Kier molecular flexibility index (Phi) is 5.62. The van der Waals surface area contributed by atoms with Crippen LogP contribution >= 0.6 is 7.14 Å². The van der Waals surface area contributed by atoms with E-state index in [1.54, 1.807) is 48.5 Å². The summed E-state index contributed by atoms with van der Waals surface area (Å²) in [6, 6.07) is 21.2. The number of benzene rings is 3. The van der Waals surface area contributed by atoms with Crippen LogP contribution in [0.2, 0.25) is 0 Å². The van der Waals surface area contributed by atoms with Gasteiger partial charge in [-0.3, -0.25) is 0 Å². The van der Waals surface area contributed by atoms with Crippen LogP contribution in [0.4, 0.5) is 0 Å². The summed E-state index contributed by atoms with van der Waals surface area (Å²) < 4.78 is 19.5. The van der Waals surface area contributed by atoms with Crippen molar-refractivity contribution < 1.29 is 29.1 Å². The Morgan fingerprint density at radius 3 is 1.57 bits per heavy atom. The van der Waals surface area contributed by atoms with Crippen molar-refractivity contribution in [3.05, 3.63) is 90.0 Å². The first-order valence-corrected chi connectivity index (χ1v) is 10.2. The Labute approximate surface area is 161 Å². The standard InChI is InChI=1S/C21H17O6P/c22-20(23)15-11-16(21(24)25)13-17(12-15)27-14-28(26,18-7-3-1-4-8-18)19-9-5-2-6-10-19/h1-13H,14H2,(H,22,23)(H,24,25). The first-order valence-electron chi connectivity index (χ1n) is 8.35. The van der Waals surface area contributed by atoms with Gasteiger partial charge >= 0.3 is 11.9 Å². The summed E-state index contributed by atoms with van der Waals surface area (Å²) in [7, 11) is -3.18. The van der Waals surface area contributed by atoms with Crippen LogP contribution in [0.15, 0.2) is 78.9 Å². The topological polar surface area (TPSA) is 101 Å². The molecule has 2 N–H and O–H groups in total. The lowest BCUT2D eigenvalue weighted by Crippen LogP contribution is -2.21. The van der Waals surface area contributed by atoms with Crippen LogP contribution in [-0.4, -0.2) is 28.5 Å². The molecule has 0 aliphatic carbocycles. The van der Waals surface area contributed by atoms with Crippen molar-refractivity contribution >= 4 is 29.7 Å². The van der Waals surface area contributed by atoms with Crippen molar-refractivity contribution in [2.45, 2.75) is 0 Å². The van der Waals surface area contributed by atoms with E-state index in [-0.39, 0.29) is 23.2 Å². The maximum absolute atomic E-state index is 13.9. The molecule has 0 fully saturated rings. The first kappa shape index (κ1) is 19.4. The average Bonchev–Trinajstić information content (AvgIpc) is 2.73. The molecule has 0 atom stereocenters. The lowest BCUT2D eigenvalue weighted by molar-refractivity contribution is 0.0696. The summed E-state index contributed by atoms with van der Waals surface area (Å²) in [6.45, 7) is 0. The number of ether oxygens (including phenoxy) is 1. The largest absolute Gasteiger partial charge is 0.485 e. The SMILES string of the molecule is O=C(O)c1cc(OCP(=O)(c2ccccc2)c2ccccc2)cc(C(=O)O)c1. The number of carboxylic acids is 2. The highest BCUT2D eigenvalue weighted by Gasteiger charge is 2.28. The van der Waals surface area contributed by atoms with Gasteiger partial charge < -0.3 is 19.5 Å². The Bertz CT molecular complexity index is 971. The molecule has 6 nitrogen and oxygen atoms in total. The zero-order valence-corrected chi connectivity index (χ0v) is 15.6. The number of hydrogen-bond donors (Lipinski definition) is 2. The molecule has 3 aromatic rings. The molecule has 0 unspecified atom stereocenters. The van der Waals surface area contributed by atoms with Crippen LogP contribution in [-0.2, 0) is 4.57 Å². The van der Waals surface area contributed by atoms with Gasteiger partial charge in [-0.1, -0.05) is 60.7 Å². The minimum absolute atomic E-state index is 0.0318. The normalized spacial score (nSPS) is 11.0. The molecule has 3 aromatic carbocycles. The van der Waals surface area contributed by atoms with E-state index in [0.29, 0.717) is 10.6 Å². The van der Waals surface area contributed by atoms with E-state index in [2.05, 4.69) is 0 Å². The quantitative estimate of drug-likeness (QED) is 0.594. The molecular weight excluding hydrogens is 379 g/mol. The lowest BCUT2D eigenvalue weighted by Gasteiger charge is -2.20. The molecule has 0 saturated heterocycles. The molecule has 142 valence electrons. The summed E-state index contributed by atoms with van der Waals surface area (Å²) in [6.07, 6.45) is -0.233. The van der Waals surface area contributed by atoms with E-state index >= 15 is 0 Å². The van der Waals surface area contributed by atoms with Crippen molar-refractivity contribution in [2.75, 3.05) is 6.35 Å². The van der Waals surface area contributed by atoms with Crippen LogP contribution in [0, 0.1) is 0 Å². The van der Waals surface area contributed by atoms with Gasteiger partial charge in [-0.25, -0.2) is 9.59 Å². The Morgan fingerprint density at radius 2 is 1.18 bits per heavy atom. The van der Waals surface area contributed by atoms with E-state index in [0.717, 1.165) is 6.07 Å². The van der Waals surface area contributed by atoms with E-state index < -0.39 is 19.1 Å². The number of aromatic carboxylic acids is 2. The van der Waals surface area contributed by atoms with E-state index in [1.807, 2.05) is 12.1 Å². The predicted octanol–water partition coefficient (Wildman–Crippen LogP) is 3.43. The smallest absolute Gasteiger partial charge is 0.335 e. The molecule has 28 heavy (non-hydrogen) atoms. The minimum Gasteiger partial charge on any atom is -0.485 e. The molecule has 0 aliphatic heterocycles. The minimum atomic E-state index is -3.18. The van der Waals surface area contributed by atoms with Crippen LogP contribution < -0.4 is 15.3 Å². The van der Waals surface area contributed by atoms with E-state index in [9.17, 15) is 24.4 Å². The molecule has 0 aromatic heterocycles. The van der Waals surface area contributed by atoms with Gasteiger partial charge in [0.15, 0.2) is 7.14 Å². The average molecular weight is 396 g/mol. The van der Waals surface area contributed by atoms with Crippen molar-refractivity contribution in [2.24, 2.45) is 0 Å². The highest BCUT2D eigenvalue weighted by Crippen LogP contribution is 2.43. The summed E-state index contributed by atoms with van der Waals surface area (Å²) >= 11 is 0. The van der Waals surface area contributed by atoms with Crippen LogP contribution in [0.3, 0.4) is 0 Å². The second-order valence-corrected chi connectivity index (χ2v) is 8.81. The number of carboxylic acid groups (broad SMARTS) is 2. The third kappa shape index (κ3) is 4.13. The maximum Gasteiger partial charge on any atom is 0.335 e. The molecule has 7 heteroatoms. The van der Waals surface area contributed by atoms with Gasteiger partial charge in [-0.05, 0) is 18.2 Å². The highest BCUT2D eigenvalue weighted by atomic mass is 31.2. The summed E-state index contributed by atoms with van der Waals surface area (Å²) in [4.78, 5) is 22.5. The van der Waals surface area contributed by atoms with Crippen LogP contribution in [0.1, 0.15) is 20.7 Å². The summed E-state index contributed by atoms with van der Waals surface area (Å²) in [5.41, 5.74) is -0.437. The Balaban J connectivity index is 1.99.